The van der Waals surface area contributed by atoms with E-state index in [9.17, 15) is 4.79 Å². The molecule has 0 radical (unpaired) electrons. The maximum absolute atomic E-state index is 11.7. The molecule has 0 spiro atoms. The molecule has 2 rings (SSSR count). The van der Waals surface area contributed by atoms with Gasteiger partial charge in [-0.05, 0) is 34.5 Å². The second kappa shape index (κ2) is 4.23. The fourth-order valence-electron chi connectivity index (χ4n) is 1.24. The number of pyridine rings is 1. The third kappa shape index (κ3) is 2.41. The monoisotopic (exact) mass is 218 g/mol. The molecule has 0 saturated heterocycles. The van der Waals surface area contributed by atoms with Crippen LogP contribution in [0.15, 0.2) is 35.2 Å². The summed E-state index contributed by atoms with van der Waals surface area (Å²) in [5.41, 5.74) is 7.56. The van der Waals surface area contributed by atoms with Crippen molar-refractivity contribution in [3.63, 3.8) is 0 Å². The number of Topliss-reactive ketones (excluding diaryl/α,β-unsaturated/α-hetero) is 1. The maximum atomic E-state index is 11.7. The first-order valence-corrected chi connectivity index (χ1v) is 5.46. The number of aromatic nitrogens is 1. The van der Waals surface area contributed by atoms with Gasteiger partial charge in [0.1, 0.15) is 5.69 Å². The van der Waals surface area contributed by atoms with E-state index in [-0.39, 0.29) is 5.78 Å². The first-order chi connectivity index (χ1) is 7.25. The Morgan fingerprint density at radius 2 is 2.27 bits per heavy atom. The predicted molar refractivity (Wildman–Crippen MR) is 61.0 cm³/mol. The van der Waals surface area contributed by atoms with Gasteiger partial charge in [-0.15, -0.1) is 0 Å². The summed E-state index contributed by atoms with van der Waals surface area (Å²) in [4.78, 5) is 15.7. The van der Waals surface area contributed by atoms with Crippen molar-refractivity contribution in [3.05, 3.63) is 46.4 Å². The van der Waals surface area contributed by atoms with Crippen LogP contribution in [0.1, 0.15) is 16.1 Å². The van der Waals surface area contributed by atoms with Crippen molar-refractivity contribution in [2.45, 2.75) is 6.42 Å². The molecule has 0 fully saturated rings. The first-order valence-electron chi connectivity index (χ1n) is 4.51. The van der Waals surface area contributed by atoms with Crippen molar-refractivity contribution < 1.29 is 4.79 Å². The van der Waals surface area contributed by atoms with E-state index < -0.39 is 0 Å². The van der Waals surface area contributed by atoms with Gasteiger partial charge >= 0.3 is 0 Å². The molecule has 2 aromatic heterocycles. The normalized spacial score (nSPS) is 10.1. The lowest BCUT2D eigenvalue weighted by atomic mass is 10.1. The Labute approximate surface area is 91.6 Å². The summed E-state index contributed by atoms with van der Waals surface area (Å²) >= 11 is 1.59. The highest BCUT2D eigenvalue weighted by Gasteiger charge is 2.08. The number of anilines is 1. The molecule has 0 amide bonds. The molecular weight excluding hydrogens is 208 g/mol. The zero-order chi connectivity index (χ0) is 10.7. The average molecular weight is 218 g/mol. The van der Waals surface area contributed by atoms with Crippen LogP contribution in [0.5, 0.6) is 0 Å². The van der Waals surface area contributed by atoms with Crippen LogP contribution >= 0.6 is 11.3 Å². The van der Waals surface area contributed by atoms with E-state index in [0.29, 0.717) is 17.8 Å². The summed E-state index contributed by atoms with van der Waals surface area (Å²) in [6, 6.07) is 5.29. The second-order valence-corrected chi connectivity index (χ2v) is 3.99. The van der Waals surface area contributed by atoms with Crippen LogP contribution in [0, 0.1) is 0 Å². The van der Waals surface area contributed by atoms with Crippen molar-refractivity contribution in [1.82, 2.24) is 4.98 Å². The highest BCUT2D eigenvalue weighted by molar-refractivity contribution is 7.08. The molecule has 4 heteroatoms. The van der Waals surface area contributed by atoms with E-state index in [2.05, 4.69) is 4.98 Å². The molecule has 0 aliphatic carbocycles. The number of thiophene rings is 1. The first kappa shape index (κ1) is 9.86. The number of nitrogens with two attached hydrogens (primary N) is 1. The van der Waals surface area contributed by atoms with Gasteiger partial charge in [0.2, 0.25) is 0 Å². The molecule has 0 aromatic carbocycles. The number of nitrogens with zero attached hydrogens (tertiary/aromatic N) is 1. The minimum absolute atomic E-state index is 0.0217. The lowest BCUT2D eigenvalue weighted by Crippen LogP contribution is -2.05. The van der Waals surface area contributed by atoms with Crippen molar-refractivity contribution in [2.75, 3.05) is 5.73 Å². The summed E-state index contributed by atoms with van der Waals surface area (Å²) in [6.07, 6.45) is 1.90. The number of ketones is 1. The summed E-state index contributed by atoms with van der Waals surface area (Å²) in [5.74, 6) is 0.0217. The van der Waals surface area contributed by atoms with Crippen molar-refractivity contribution >= 4 is 22.8 Å². The van der Waals surface area contributed by atoms with Crippen molar-refractivity contribution in [2.24, 2.45) is 0 Å². The fourth-order valence-corrected chi connectivity index (χ4v) is 1.91. The van der Waals surface area contributed by atoms with Crippen LogP contribution in [-0.4, -0.2) is 10.8 Å². The van der Waals surface area contributed by atoms with E-state index in [0.717, 1.165) is 5.56 Å². The SMILES string of the molecule is Nc1ccc(C(=O)Cc2ccsc2)nc1. The van der Waals surface area contributed by atoms with Gasteiger partial charge in [0, 0.05) is 6.42 Å². The minimum atomic E-state index is 0.0217. The Morgan fingerprint density at radius 3 is 2.87 bits per heavy atom. The van der Waals surface area contributed by atoms with Crippen LogP contribution in [-0.2, 0) is 6.42 Å². The summed E-state index contributed by atoms with van der Waals surface area (Å²) < 4.78 is 0. The molecule has 2 N–H and O–H groups in total. The Bertz CT molecular complexity index is 448. The van der Waals surface area contributed by atoms with Gasteiger partial charge in [-0.25, -0.2) is 0 Å². The number of hydrogen-bond donors (Lipinski definition) is 1. The molecule has 0 aliphatic heterocycles. The molecule has 0 unspecified atom stereocenters. The summed E-state index contributed by atoms with van der Waals surface area (Å²) in [5, 5.41) is 3.92. The third-order valence-corrected chi connectivity index (χ3v) is 2.75. The van der Waals surface area contributed by atoms with Gasteiger partial charge in [-0.3, -0.25) is 9.78 Å². The molecule has 0 atom stereocenters. The summed E-state index contributed by atoms with van der Waals surface area (Å²) in [6.45, 7) is 0. The Balaban J connectivity index is 2.11. The van der Waals surface area contributed by atoms with Crippen LogP contribution < -0.4 is 5.73 Å². The van der Waals surface area contributed by atoms with Gasteiger partial charge in [0.05, 0.1) is 11.9 Å². The molecule has 0 bridgehead atoms. The minimum Gasteiger partial charge on any atom is -0.397 e. The van der Waals surface area contributed by atoms with E-state index in [1.165, 1.54) is 6.20 Å². The largest absolute Gasteiger partial charge is 0.397 e. The molecule has 76 valence electrons. The van der Waals surface area contributed by atoms with Crippen LogP contribution in [0.25, 0.3) is 0 Å². The number of nitrogen functional groups attached to an aromatic ring is 1. The Kier molecular flexibility index (Phi) is 2.78. The van der Waals surface area contributed by atoms with E-state index in [1.807, 2.05) is 16.8 Å². The topological polar surface area (TPSA) is 56.0 Å². The smallest absolute Gasteiger partial charge is 0.185 e. The fraction of sp³-hybridized carbons (Fsp3) is 0.0909. The van der Waals surface area contributed by atoms with E-state index in [4.69, 9.17) is 5.73 Å². The average Bonchev–Trinajstić information content (AvgIpc) is 2.71. The van der Waals surface area contributed by atoms with Gasteiger partial charge in [0.15, 0.2) is 5.78 Å². The number of carbonyl (C=O) groups excluding carboxylic acids is 1. The lowest BCUT2D eigenvalue weighted by Gasteiger charge is -1.98. The molecule has 0 aliphatic rings. The number of carbonyl (C=O) groups is 1. The van der Waals surface area contributed by atoms with E-state index in [1.54, 1.807) is 23.5 Å². The third-order valence-electron chi connectivity index (χ3n) is 2.02. The molecule has 2 heterocycles. The molecule has 0 saturated carbocycles. The molecule has 15 heavy (non-hydrogen) atoms. The lowest BCUT2D eigenvalue weighted by molar-refractivity contribution is 0.0988. The maximum Gasteiger partial charge on any atom is 0.185 e. The van der Waals surface area contributed by atoms with Crippen molar-refractivity contribution in [1.29, 1.82) is 0 Å². The molecular formula is C11H10N2OS. The van der Waals surface area contributed by atoms with Gasteiger partial charge in [0.25, 0.3) is 0 Å². The standard InChI is InChI=1S/C11H10N2OS/c12-9-1-2-10(13-6-9)11(14)5-8-3-4-15-7-8/h1-4,6-7H,5,12H2. The molecule has 3 nitrogen and oxygen atoms in total. The molecule has 2 aromatic rings. The second-order valence-electron chi connectivity index (χ2n) is 3.21. The zero-order valence-corrected chi connectivity index (χ0v) is 8.83. The Morgan fingerprint density at radius 1 is 1.40 bits per heavy atom. The number of rotatable bonds is 3. The summed E-state index contributed by atoms with van der Waals surface area (Å²) in [7, 11) is 0. The van der Waals surface area contributed by atoms with Crippen LogP contribution in [0.2, 0.25) is 0 Å². The van der Waals surface area contributed by atoms with Crippen LogP contribution in [0.3, 0.4) is 0 Å². The highest BCUT2D eigenvalue weighted by Crippen LogP contribution is 2.10. The number of hydrogen-bond acceptors (Lipinski definition) is 4. The Hall–Kier alpha value is -1.68. The predicted octanol–water partition coefficient (Wildman–Crippen LogP) is 2.15. The van der Waals surface area contributed by atoms with Crippen molar-refractivity contribution in [3.8, 4) is 0 Å². The quantitative estimate of drug-likeness (QED) is 0.803. The van der Waals surface area contributed by atoms with E-state index >= 15 is 0 Å². The van der Waals surface area contributed by atoms with Gasteiger partial charge in [-0.2, -0.15) is 11.3 Å². The van der Waals surface area contributed by atoms with Gasteiger partial charge < -0.3 is 5.73 Å². The highest BCUT2D eigenvalue weighted by atomic mass is 32.1. The van der Waals surface area contributed by atoms with Gasteiger partial charge in [-0.1, -0.05) is 0 Å². The zero-order valence-electron chi connectivity index (χ0n) is 8.01. The van der Waals surface area contributed by atoms with Crippen LogP contribution in [0.4, 0.5) is 5.69 Å².